The molecule has 0 aliphatic carbocycles. The van der Waals surface area contributed by atoms with Crippen LogP contribution in [-0.2, 0) is 20.8 Å². The third kappa shape index (κ3) is 22.1. The average Bonchev–Trinajstić information content (AvgIpc) is 2.46. The summed E-state index contributed by atoms with van der Waals surface area (Å²) in [5.41, 5.74) is 0.905. The van der Waals surface area contributed by atoms with Gasteiger partial charge in [0.15, 0.2) is 10.2 Å². The minimum absolute atomic E-state index is 0.131. The summed E-state index contributed by atoms with van der Waals surface area (Å²) < 4.78 is 0. The normalized spacial score (nSPS) is 8.00. The Labute approximate surface area is 144 Å². The molecule has 0 aromatic carbocycles. The van der Waals surface area contributed by atoms with Gasteiger partial charge in [-0.3, -0.25) is 19.4 Å². The first-order chi connectivity index (χ1) is 10.8. The molecule has 9 heteroatoms. The Morgan fingerprint density at radius 1 is 1.17 bits per heavy atom. The van der Waals surface area contributed by atoms with Gasteiger partial charge < -0.3 is 5.11 Å². The SMILES string of the molecule is N#CCC(=O)O.N#CCCC(=O)S.O=C(S)Cc1cccnc1. The van der Waals surface area contributed by atoms with Crippen molar-refractivity contribution < 1.29 is 19.5 Å². The Morgan fingerprint density at radius 2 is 1.83 bits per heavy atom. The zero-order chi connectivity index (χ0) is 18.1. The summed E-state index contributed by atoms with van der Waals surface area (Å²) in [5.74, 6) is -1.07. The summed E-state index contributed by atoms with van der Waals surface area (Å²) in [6.45, 7) is 0. The van der Waals surface area contributed by atoms with E-state index in [-0.39, 0.29) is 23.1 Å². The Kier molecular flexibility index (Phi) is 16.0. The summed E-state index contributed by atoms with van der Waals surface area (Å²) in [5, 5.41) is 22.8. The van der Waals surface area contributed by atoms with Crippen molar-refractivity contribution in [3.63, 3.8) is 0 Å². The van der Waals surface area contributed by atoms with E-state index in [4.69, 9.17) is 15.6 Å². The summed E-state index contributed by atoms with van der Waals surface area (Å²) in [4.78, 5) is 33.6. The summed E-state index contributed by atoms with van der Waals surface area (Å²) >= 11 is 7.08. The van der Waals surface area contributed by atoms with Crippen molar-refractivity contribution in [1.29, 1.82) is 10.5 Å². The van der Waals surface area contributed by atoms with Gasteiger partial charge in [-0.1, -0.05) is 6.07 Å². The molecule has 0 fully saturated rings. The highest BCUT2D eigenvalue weighted by Crippen LogP contribution is 1.98. The van der Waals surface area contributed by atoms with Gasteiger partial charge in [0.2, 0.25) is 0 Å². The maximum atomic E-state index is 10.4. The number of nitriles is 2. The molecule has 0 saturated heterocycles. The number of nitrogens with zero attached hydrogens (tertiary/aromatic N) is 3. The minimum Gasteiger partial charge on any atom is -0.480 e. The average molecular weight is 353 g/mol. The van der Waals surface area contributed by atoms with Gasteiger partial charge in [0, 0.05) is 31.7 Å². The maximum absolute atomic E-state index is 10.4. The quantitative estimate of drug-likeness (QED) is 0.688. The van der Waals surface area contributed by atoms with Gasteiger partial charge in [-0.15, -0.1) is 25.3 Å². The van der Waals surface area contributed by atoms with Crippen molar-refractivity contribution >= 4 is 41.5 Å². The van der Waals surface area contributed by atoms with Gasteiger partial charge in [0.05, 0.1) is 12.1 Å². The molecule has 1 aromatic rings. The lowest BCUT2D eigenvalue weighted by atomic mass is 10.2. The van der Waals surface area contributed by atoms with Gasteiger partial charge in [-0.2, -0.15) is 10.5 Å². The molecule has 0 aliphatic heterocycles. The number of rotatable bonds is 5. The van der Waals surface area contributed by atoms with E-state index >= 15 is 0 Å². The predicted octanol–water partition coefficient (Wildman–Crippen LogP) is 1.81. The highest BCUT2D eigenvalue weighted by molar-refractivity contribution is 7.96. The lowest BCUT2D eigenvalue weighted by Gasteiger charge is -1.92. The van der Waals surface area contributed by atoms with E-state index in [1.807, 2.05) is 12.1 Å². The number of pyridine rings is 1. The Morgan fingerprint density at radius 3 is 2.09 bits per heavy atom. The molecule has 0 unspecified atom stereocenters. The number of hydrogen-bond acceptors (Lipinski definition) is 6. The van der Waals surface area contributed by atoms with E-state index < -0.39 is 12.4 Å². The van der Waals surface area contributed by atoms with Crippen LogP contribution >= 0.6 is 25.3 Å². The molecular formula is C14H15N3O4S2. The lowest BCUT2D eigenvalue weighted by Crippen LogP contribution is -1.92. The first-order valence-electron chi connectivity index (χ1n) is 6.11. The van der Waals surface area contributed by atoms with Gasteiger partial charge in [-0.25, -0.2) is 0 Å². The van der Waals surface area contributed by atoms with Crippen molar-refractivity contribution in [2.75, 3.05) is 0 Å². The molecule has 0 amide bonds. The van der Waals surface area contributed by atoms with E-state index in [9.17, 15) is 14.4 Å². The molecule has 1 rings (SSSR count). The highest BCUT2D eigenvalue weighted by Gasteiger charge is 1.95. The van der Waals surface area contributed by atoms with Crippen LogP contribution in [0, 0.1) is 22.7 Å². The molecule has 0 radical (unpaired) electrons. The molecule has 7 nitrogen and oxygen atoms in total. The number of carbonyl (C=O) groups excluding carboxylic acids is 2. The molecule has 23 heavy (non-hydrogen) atoms. The molecule has 0 saturated carbocycles. The van der Waals surface area contributed by atoms with Crippen LogP contribution in [0.3, 0.4) is 0 Å². The third-order valence-electron chi connectivity index (χ3n) is 1.76. The second kappa shape index (κ2) is 16.0. The van der Waals surface area contributed by atoms with Gasteiger partial charge in [0.25, 0.3) is 0 Å². The zero-order valence-corrected chi connectivity index (χ0v) is 13.8. The van der Waals surface area contributed by atoms with Crippen LogP contribution in [0.25, 0.3) is 0 Å². The summed E-state index contributed by atoms with van der Waals surface area (Å²) in [6, 6.07) is 6.94. The van der Waals surface area contributed by atoms with Crippen LogP contribution in [0.2, 0.25) is 0 Å². The Balaban J connectivity index is 0. The largest absolute Gasteiger partial charge is 0.480 e. The van der Waals surface area contributed by atoms with Crippen molar-refractivity contribution in [3.8, 4) is 12.1 Å². The number of carbonyl (C=O) groups is 3. The van der Waals surface area contributed by atoms with Crippen LogP contribution in [0.1, 0.15) is 24.8 Å². The lowest BCUT2D eigenvalue weighted by molar-refractivity contribution is -0.135. The predicted molar refractivity (Wildman–Crippen MR) is 88.6 cm³/mol. The van der Waals surface area contributed by atoms with Crippen molar-refractivity contribution in [2.24, 2.45) is 0 Å². The van der Waals surface area contributed by atoms with Crippen LogP contribution in [-0.4, -0.2) is 26.3 Å². The van der Waals surface area contributed by atoms with Gasteiger partial charge >= 0.3 is 5.97 Å². The second-order valence-corrected chi connectivity index (χ2v) is 4.71. The number of carboxylic acid groups (broad SMARTS) is 1. The number of aliphatic carboxylic acids is 1. The fourth-order valence-corrected chi connectivity index (χ4v) is 1.20. The monoisotopic (exact) mass is 353 g/mol. The number of aromatic nitrogens is 1. The van der Waals surface area contributed by atoms with Crippen LogP contribution in [0.5, 0.6) is 0 Å². The molecule has 122 valence electrons. The summed E-state index contributed by atoms with van der Waals surface area (Å²) in [7, 11) is 0. The van der Waals surface area contributed by atoms with E-state index in [1.165, 1.54) is 6.07 Å². The molecule has 1 aromatic heterocycles. The molecular weight excluding hydrogens is 338 g/mol. The fourth-order valence-electron chi connectivity index (χ4n) is 0.908. The Hall–Kier alpha value is -2.36. The topological polar surface area (TPSA) is 132 Å². The molecule has 1 N–H and O–H groups in total. The number of carboxylic acids is 1. The van der Waals surface area contributed by atoms with Gasteiger partial charge in [0.1, 0.15) is 6.42 Å². The Bertz CT molecular complexity index is 580. The van der Waals surface area contributed by atoms with Crippen LogP contribution in [0.15, 0.2) is 24.5 Å². The molecule has 0 spiro atoms. The smallest absolute Gasteiger partial charge is 0.317 e. The van der Waals surface area contributed by atoms with E-state index in [1.54, 1.807) is 18.5 Å². The van der Waals surface area contributed by atoms with Crippen LogP contribution in [0.4, 0.5) is 0 Å². The molecule has 0 atom stereocenters. The highest BCUT2D eigenvalue weighted by atomic mass is 32.1. The summed E-state index contributed by atoms with van der Waals surface area (Å²) in [6.07, 6.45) is 3.83. The van der Waals surface area contributed by atoms with Crippen molar-refractivity contribution in [2.45, 2.75) is 25.7 Å². The van der Waals surface area contributed by atoms with Crippen molar-refractivity contribution in [3.05, 3.63) is 30.1 Å². The van der Waals surface area contributed by atoms with Gasteiger partial charge in [-0.05, 0) is 11.6 Å². The zero-order valence-electron chi connectivity index (χ0n) is 12.0. The fraction of sp³-hybridized carbons (Fsp3) is 0.286. The minimum atomic E-state index is -1.07. The maximum Gasteiger partial charge on any atom is 0.317 e. The van der Waals surface area contributed by atoms with E-state index in [0.717, 1.165) is 5.56 Å². The first-order valence-corrected chi connectivity index (χ1v) is 7.01. The van der Waals surface area contributed by atoms with Crippen molar-refractivity contribution in [1.82, 2.24) is 4.98 Å². The number of hydrogen-bond donors (Lipinski definition) is 3. The van der Waals surface area contributed by atoms with E-state index in [2.05, 4.69) is 30.2 Å². The molecule has 1 heterocycles. The first kappa shape index (κ1) is 22.9. The third-order valence-corrected chi connectivity index (χ3v) is 2.14. The number of thiol groups is 2. The second-order valence-electron chi connectivity index (χ2n) is 3.71. The molecule has 0 bridgehead atoms. The standard InChI is InChI=1S/C7H7NOS.C4H5NOS.C3H3NO2/c9-7(10)4-6-2-1-3-8-5-6;5-3-1-2-4(6)7;4-2-1-3(5)6/h1-3,5H,4H2,(H,9,10);1-2H2,(H,6,7);1H2,(H,5,6). The van der Waals surface area contributed by atoms with Crippen LogP contribution < -0.4 is 0 Å². The van der Waals surface area contributed by atoms with E-state index in [0.29, 0.717) is 6.42 Å². The molecule has 0 aliphatic rings.